The highest BCUT2D eigenvalue weighted by molar-refractivity contribution is 5.71. The predicted octanol–water partition coefficient (Wildman–Crippen LogP) is 14.6. The van der Waals surface area contributed by atoms with Crippen molar-refractivity contribution in [3.05, 3.63) is 122 Å². The van der Waals surface area contributed by atoms with Crippen LogP contribution in [0.25, 0.3) is 0 Å². The van der Waals surface area contributed by atoms with Crippen LogP contribution >= 0.6 is 0 Å². The van der Waals surface area contributed by atoms with Crippen LogP contribution in [0.5, 0.6) is 0 Å². The van der Waals surface area contributed by atoms with Gasteiger partial charge in [-0.1, -0.05) is 187 Å². The first kappa shape index (κ1) is 53.8. The van der Waals surface area contributed by atoms with Crippen LogP contribution in [0.3, 0.4) is 0 Å². The second-order valence-corrected chi connectivity index (χ2v) is 14.3. The smallest absolute Gasteiger partial charge is 0.306 e. The summed E-state index contributed by atoms with van der Waals surface area (Å²) in [5.41, 5.74) is 0. The molecular weight excluding hydrogens is 721 g/mol. The fourth-order valence-electron chi connectivity index (χ4n) is 5.48. The summed E-state index contributed by atoms with van der Waals surface area (Å²) in [6.45, 7) is 6.19. The Morgan fingerprint density at radius 3 is 1.40 bits per heavy atom. The van der Waals surface area contributed by atoms with Gasteiger partial charge in [-0.2, -0.15) is 0 Å². The van der Waals surface area contributed by atoms with Gasteiger partial charge in [-0.15, -0.1) is 0 Å². The number of unbranched alkanes of at least 4 members (excludes halogenated alkanes) is 11. The molecule has 0 aliphatic carbocycles. The molecule has 6 nitrogen and oxygen atoms in total. The normalized spacial score (nSPS) is 13.2. The molecule has 0 spiro atoms. The van der Waals surface area contributed by atoms with Gasteiger partial charge in [0.05, 0.1) is 0 Å². The number of ether oxygens (including phenoxy) is 3. The predicted molar refractivity (Wildman–Crippen MR) is 246 cm³/mol. The molecule has 58 heavy (non-hydrogen) atoms. The molecule has 0 N–H and O–H groups in total. The molecule has 0 bridgehead atoms. The average molecular weight is 801 g/mol. The Hall–Kier alpha value is -4.19. The van der Waals surface area contributed by atoms with Crippen LogP contribution in [-0.2, 0) is 28.6 Å². The zero-order valence-corrected chi connectivity index (χ0v) is 36.8. The number of allylic oxidation sites excluding steroid dienone is 20. The van der Waals surface area contributed by atoms with E-state index in [0.717, 1.165) is 70.6 Å². The Bertz CT molecular complexity index is 1290. The molecule has 0 rings (SSSR count). The summed E-state index contributed by atoms with van der Waals surface area (Å²) in [6, 6.07) is 0. The molecule has 0 fully saturated rings. The van der Waals surface area contributed by atoms with Gasteiger partial charge in [0.15, 0.2) is 6.10 Å². The summed E-state index contributed by atoms with van der Waals surface area (Å²) in [5, 5.41) is 0. The lowest BCUT2D eigenvalue weighted by molar-refractivity contribution is -0.166. The van der Waals surface area contributed by atoms with E-state index < -0.39 is 12.1 Å². The highest BCUT2D eigenvalue weighted by Gasteiger charge is 2.19. The molecule has 0 saturated carbocycles. The van der Waals surface area contributed by atoms with Gasteiger partial charge in [0.2, 0.25) is 0 Å². The van der Waals surface area contributed by atoms with Gasteiger partial charge in [-0.25, -0.2) is 0 Å². The number of rotatable bonds is 38. The second-order valence-electron chi connectivity index (χ2n) is 14.3. The maximum absolute atomic E-state index is 12.7. The molecule has 0 aromatic carbocycles. The Balaban J connectivity index is 4.64. The van der Waals surface area contributed by atoms with Crippen LogP contribution in [0, 0.1) is 0 Å². The maximum Gasteiger partial charge on any atom is 0.306 e. The van der Waals surface area contributed by atoms with Crippen molar-refractivity contribution in [2.45, 2.75) is 175 Å². The van der Waals surface area contributed by atoms with Crippen LogP contribution < -0.4 is 0 Å². The first-order chi connectivity index (χ1) is 28.5. The molecule has 0 radical (unpaired) electrons. The number of hydrogen-bond acceptors (Lipinski definition) is 6. The van der Waals surface area contributed by atoms with Crippen molar-refractivity contribution in [3.8, 4) is 0 Å². The second kappa shape index (κ2) is 45.5. The van der Waals surface area contributed by atoms with Crippen molar-refractivity contribution in [2.24, 2.45) is 0 Å². The van der Waals surface area contributed by atoms with E-state index in [9.17, 15) is 14.4 Å². The highest BCUT2D eigenvalue weighted by Crippen LogP contribution is 2.10. The molecule has 6 heteroatoms. The van der Waals surface area contributed by atoms with Crippen LogP contribution in [0.15, 0.2) is 122 Å². The van der Waals surface area contributed by atoms with E-state index in [0.29, 0.717) is 25.7 Å². The lowest BCUT2D eigenvalue weighted by Crippen LogP contribution is -2.30. The van der Waals surface area contributed by atoms with Gasteiger partial charge in [0, 0.05) is 19.3 Å². The molecular formula is C52H80O6. The third-order valence-corrected chi connectivity index (χ3v) is 8.82. The zero-order valence-electron chi connectivity index (χ0n) is 36.8. The van der Waals surface area contributed by atoms with E-state index >= 15 is 0 Å². The first-order valence-corrected chi connectivity index (χ1v) is 22.6. The van der Waals surface area contributed by atoms with E-state index in [1.165, 1.54) is 38.5 Å². The van der Waals surface area contributed by atoms with Gasteiger partial charge in [0.25, 0.3) is 0 Å². The zero-order chi connectivity index (χ0) is 42.3. The molecule has 1 atom stereocenters. The minimum absolute atomic E-state index is 0.140. The molecule has 0 aromatic rings. The maximum atomic E-state index is 12.7. The summed E-state index contributed by atoms with van der Waals surface area (Å²) in [7, 11) is 0. The number of carbonyl (C=O) groups is 3. The summed E-state index contributed by atoms with van der Waals surface area (Å²) in [5.74, 6) is -1.12. The van der Waals surface area contributed by atoms with E-state index in [1.54, 1.807) is 0 Å². The number of carbonyl (C=O) groups excluding carboxylic acids is 3. The van der Waals surface area contributed by atoms with Gasteiger partial charge < -0.3 is 14.2 Å². The van der Waals surface area contributed by atoms with Crippen LogP contribution in [0.4, 0.5) is 0 Å². The summed E-state index contributed by atoms with van der Waals surface area (Å²) in [4.78, 5) is 37.7. The third-order valence-electron chi connectivity index (χ3n) is 8.82. The Kier molecular flexibility index (Phi) is 42.2. The molecule has 0 aliphatic rings. The van der Waals surface area contributed by atoms with Crippen LogP contribution in [0.2, 0.25) is 0 Å². The summed E-state index contributed by atoms with van der Waals surface area (Å²) in [6.07, 6.45) is 62.0. The van der Waals surface area contributed by atoms with E-state index in [4.69, 9.17) is 14.2 Å². The van der Waals surface area contributed by atoms with Crippen molar-refractivity contribution in [3.63, 3.8) is 0 Å². The fourth-order valence-corrected chi connectivity index (χ4v) is 5.48. The minimum atomic E-state index is -0.848. The number of esters is 3. The Labute approximate surface area is 354 Å². The van der Waals surface area contributed by atoms with Gasteiger partial charge in [-0.3, -0.25) is 14.4 Å². The van der Waals surface area contributed by atoms with Gasteiger partial charge >= 0.3 is 17.9 Å². The molecule has 0 aromatic heterocycles. The molecule has 0 amide bonds. The van der Waals surface area contributed by atoms with Crippen molar-refractivity contribution >= 4 is 17.9 Å². The lowest BCUT2D eigenvalue weighted by atomic mass is 10.1. The SMILES string of the molecule is CC\C=C/C=C\C=C/C=C\C=C/CCCC(=O)OC(COC(=O)CC/C=C\C/C=C\CCCCCCCC)COC(=O)CCCCCC/C=C\C/C=C\C/C=C\CC. The highest BCUT2D eigenvalue weighted by atomic mass is 16.6. The van der Waals surface area contributed by atoms with Gasteiger partial charge in [-0.05, 0) is 83.5 Å². The van der Waals surface area contributed by atoms with Crippen LogP contribution in [-0.4, -0.2) is 37.2 Å². The molecule has 0 aliphatic heterocycles. The molecule has 0 saturated heterocycles. The number of hydrogen-bond donors (Lipinski definition) is 0. The van der Waals surface area contributed by atoms with E-state index in [-0.39, 0.29) is 38.0 Å². The van der Waals surface area contributed by atoms with E-state index in [2.05, 4.69) is 81.5 Å². The average Bonchev–Trinajstić information content (AvgIpc) is 3.22. The van der Waals surface area contributed by atoms with Crippen molar-refractivity contribution in [1.29, 1.82) is 0 Å². The van der Waals surface area contributed by atoms with Crippen molar-refractivity contribution in [2.75, 3.05) is 13.2 Å². The summed E-state index contributed by atoms with van der Waals surface area (Å²) < 4.78 is 16.6. The molecule has 1 unspecified atom stereocenters. The standard InChI is InChI=1S/C52H80O6/c1-4-7-10-13-16-19-22-25-28-30-33-36-39-42-45-51(54)57-48-49(58-52(55)46-43-40-37-34-31-27-24-21-18-15-12-9-6-3)47-56-50(53)44-41-38-35-32-29-26-23-20-17-14-11-8-5-2/h7,9-10,12,15-16,18-19,21,24-29,31,34-35,37-38,49H,4-6,8,11,13-14,17,20,22-23,30,32-33,36,39-48H2,1-3H3/b10-7-,12-9-,18-15-,19-16-,24-21-,28-25-,29-26-,31-27-,37-34-,38-35-. The quantitative estimate of drug-likeness (QED) is 0.0203. The monoisotopic (exact) mass is 801 g/mol. The lowest BCUT2D eigenvalue weighted by Gasteiger charge is -2.18. The van der Waals surface area contributed by atoms with Crippen molar-refractivity contribution < 1.29 is 28.6 Å². The molecule has 324 valence electrons. The Morgan fingerprint density at radius 1 is 0.379 bits per heavy atom. The first-order valence-electron chi connectivity index (χ1n) is 22.6. The van der Waals surface area contributed by atoms with Crippen molar-refractivity contribution in [1.82, 2.24) is 0 Å². The van der Waals surface area contributed by atoms with Crippen LogP contribution in [0.1, 0.15) is 168 Å². The summed E-state index contributed by atoms with van der Waals surface area (Å²) >= 11 is 0. The van der Waals surface area contributed by atoms with E-state index in [1.807, 2.05) is 60.8 Å². The largest absolute Gasteiger partial charge is 0.462 e. The van der Waals surface area contributed by atoms with Gasteiger partial charge in [0.1, 0.15) is 13.2 Å². The third kappa shape index (κ3) is 42.9. The topological polar surface area (TPSA) is 78.9 Å². The molecule has 0 heterocycles. The minimum Gasteiger partial charge on any atom is -0.462 e. The fraction of sp³-hybridized carbons (Fsp3) is 0.558. The Morgan fingerprint density at radius 2 is 0.810 bits per heavy atom.